The van der Waals surface area contributed by atoms with E-state index in [-0.39, 0.29) is 23.5 Å². The summed E-state index contributed by atoms with van der Waals surface area (Å²) in [5.41, 5.74) is -3.20. The molecule has 1 amide bonds. The maximum Gasteiger partial charge on any atom is 0.416 e. The molecule has 0 aliphatic rings. The fourth-order valence-electron chi connectivity index (χ4n) is 1.94. The highest BCUT2D eigenvalue weighted by Crippen LogP contribution is 2.38. The Kier molecular flexibility index (Phi) is 6.72. The average molecular weight is 442 g/mol. The van der Waals surface area contributed by atoms with Crippen molar-refractivity contribution in [3.8, 4) is 5.75 Å². The number of amides is 1. The van der Waals surface area contributed by atoms with E-state index in [9.17, 15) is 35.9 Å². The number of nitrogens with zero attached hydrogens (tertiary/aromatic N) is 1. The first-order chi connectivity index (χ1) is 13.4. The van der Waals surface area contributed by atoms with Gasteiger partial charge in [0.1, 0.15) is 5.75 Å². The molecule has 0 aliphatic carbocycles. The van der Waals surface area contributed by atoms with Crippen LogP contribution in [0.15, 0.2) is 23.6 Å². The molecule has 0 radical (unpaired) electrons. The summed E-state index contributed by atoms with van der Waals surface area (Å²) in [5, 5.41) is 3.49. The van der Waals surface area contributed by atoms with E-state index in [1.54, 1.807) is 6.92 Å². The minimum Gasteiger partial charge on any atom is -0.484 e. The molecule has 2 aromatic rings. The molecule has 1 N–H and O–H groups in total. The van der Waals surface area contributed by atoms with Crippen LogP contribution in [0.3, 0.4) is 0 Å². The molecule has 0 atom stereocenters. The molecule has 0 spiro atoms. The van der Waals surface area contributed by atoms with Crippen molar-refractivity contribution in [3.05, 3.63) is 40.4 Å². The molecule has 1 aromatic carbocycles. The molecular weight excluding hydrogens is 430 g/mol. The fraction of sp³-hybridized carbons (Fsp3) is 0.312. The number of halogens is 6. The van der Waals surface area contributed by atoms with Gasteiger partial charge >= 0.3 is 18.3 Å². The minimum atomic E-state index is -5.04. The normalized spacial score (nSPS) is 11.8. The number of rotatable bonds is 6. The Labute approximate surface area is 163 Å². The SMILES string of the molecule is CCOC(=O)c1csc(NC(=O)COc2cc(C(F)(F)F)cc(C(F)(F)F)c2)n1. The predicted octanol–water partition coefficient (Wildman–Crippen LogP) is 4.37. The molecular formula is C16H12F6N2O4S. The molecule has 1 heterocycles. The third-order valence-electron chi connectivity index (χ3n) is 3.17. The van der Waals surface area contributed by atoms with Crippen molar-refractivity contribution in [3.63, 3.8) is 0 Å². The van der Waals surface area contributed by atoms with Gasteiger partial charge in [0.05, 0.1) is 17.7 Å². The maximum atomic E-state index is 12.8. The zero-order valence-corrected chi connectivity index (χ0v) is 15.3. The summed E-state index contributed by atoms with van der Waals surface area (Å²) >= 11 is 0.868. The second-order valence-electron chi connectivity index (χ2n) is 5.34. The van der Waals surface area contributed by atoms with E-state index in [4.69, 9.17) is 9.47 Å². The van der Waals surface area contributed by atoms with E-state index in [0.717, 1.165) is 11.3 Å². The highest BCUT2D eigenvalue weighted by Gasteiger charge is 2.37. The van der Waals surface area contributed by atoms with E-state index in [1.807, 2.05) is 0 Å². The van der Waals surface area contributed by atoms with Gasteiger partial charge < -0.3 is 9.47 Å². The molecule has 158 valence electrons. The molecule has 29 heavy (non-hydrogen) atoms. The van der Waals surface area contributed by atoms with Crippen molar-refractivity contribution in [1.82, 2.24) is 4.98 Å². The van der Waals surface area contributed by atoms with Gasteiger partial charge in [-0.15, -0.1) is 11.3 Å². The molecule has 0 fully saturated rings. The molecule has 0 unspecified atom stereocenters. The van der Waals surface area contributed by atoms with Crippen molar-refractivity contribution in [2.24, 2.45) is 0 Å². The highest BCUT2D eigenvalue weighted by molar-refractivity contribution is 7.14. The number of hydrogen-bond acceptors (Lipinski definition) is 6. The van der Waals surface area contributed by atoms with Gasteiger partial charge in [-0.1, -0.05) is 0 Å². The Balaban J connectivity index is 2.07. The Morgan fingerprint density at radius 1 is 1.07 bits per heavy atom. The number of hydrogen-bond donors (Lipinski definition) is 1. The summed E-state index contributed by atoms with van der Waals surface area (Å²) in [6.45, 7) is 0.817. The summed E-state index contributed by atoms with van der Waals surface area (Å²) in [4.78, 5) is 27.1. The number of esters is 1. The lowest BCUT2D eigenvalue weighted by atomic mass is 10.1. The van der Waals surface area contributed by atoms with Crippen LogP contribution in [0.1, 0.15) is 28.5 Å². The zero-order valence-electron chi connectivity index (χ0n) is 14.5. The van der Waals surface area contributed by atoms with E-state index in [0.29, 0.717) is 12.1 Å². The second-order valence-corrected chi connectivity index (χ2v) is 6.19. The van der Waals surface area contributed by atoms with Crippen molar-refractivity contribution in [2.75, 3.05) is 18.5 Å². The first-order valence-electron chi connectivity index (χ1n) is 7.75. The van der Waals surface area contributed by atoms with Gasteiger partial charge in [0.25, 0.3) is 5.91 Å². The van der Waals surface area contributed by atoms with E-state index >= 15 is 0 Å². The maximum absolute atomic E-state index is 12.8. The number of anilines is 1. The van der Waals surface area contributed by atoms with Gasteiger partial charge in [-0.05, 0) is 25.1 Å². The van der Waals surface area contributed by atoms with Gasteiger partial charge in [-0.2, -0.15) is 26.3 Å². The second kappa shape index (κ2) is 8.68. The number of benzene rings is 1. The smallest absolute Gasteiger partial charge is 0.416 e. The van der Waals surface area contributed by atoms with Crippen molar-refractivity contribution in [1.29, 1.82) is 0 Å². The Morgan fingerprint density at radius 3 is 2.17 bits per heavy atom. The van der Waals surface area contributed by atoms with Crippen LogP contribution in [-0.4, -0.2) is 30.1 Å². The van der Waals surface area contributed by atoms with Crippen LogP contribution >= 0.6 is 11.3 Å². The third-order valence-corrected chi connectivity index (χ3v) is 3.92. The lowest BCUT2D eigenvalue weighted by molar-refractivity contribution is -0.143. The van der Waals surface area contributed by atoms with Crippen molar-refractivity contribution < 1.29 is 45.4 Å². The zero-order chi connectivity index (χ0) is 21.8. The third kappa shape index (κ3) is 6.34. The van der Waals surface area contributed by atoms with Crippen LogP contribution in [0.25, 0.3) is 0 Å². The van der Waals surface area contributed by atoms with Crippen LogP contribution in [0.5, 0.6) is 5.75 Å². The Hall–Kier alpha value is -2.83. The number of nitrogens with one attached hydrogen (secondary N) is 1. The molecule has 2 rings (SSSR count). The van der Waals surface area contributed by atoms with Crippen molar-refractivity contribution in [2.45, 2.75) is 19.3 Å². The summed E-state index contributed by atoms with van der Waals surface area (Å²) < 4.78 is 86.3. The molecule has 6 nitrogen and oxygen atoms in total. The van der Waals surface area contributed by atoms with Crippen LogP contribution < -0.4 is 10.1 Å². The largest absolute Gasteiger partial charge is 0.484 e. The summed E-state index contributed by atoms with van der Waals surface area (Å²) in [7, 11) is 0. The van der Waals surface area contributed by atoms with Crippen molar-refractivity contribution >= 4 is 28.3 Å². The monoisotopic (exact) mass is 442 g/mol. The number of carbonyl (C=O) groups excluding carboxylic acids is 2. The molecule has 0 saturated carbocycles. The predicted molar refractivity (Wildman–Crippen MR) is 88.6 cm³/mol. The van der Waals surface area contributed by atoms with Crippen LogP contribution in [-0.2, 0) is 21.9 Å². The number of alkyl halides is 6. The molecule has 13 heteroatoms. The lowest BCUT2D eigenvalue weighted by Crippen LogP contribution is -2.21. The Morgan fingerprint density at radius 2 is 1.66 bits per heavy atom. The van der Waals surface area contributed by atoms with Crippen LogP contribution in [0, 0.1) is 0 Å². The summed E-state index contributed by atoms with van der Waals surface area (Å²) in [5.74, 6) is -2.40. The molecule has 0 aliphatic heterocycles. The molecule has 1 aromatic heterocycles. The fourth-order valence-corrected chi connectivity index (χ4v) is 2.64. The Bertz CT molecular complexity index is 862. The number of ether oxygens (including phenoxy) is 2. The van der Waals surface area contributed by atoms with Crippen LogP contribution in [0.4, 0.5) is 31.5 Å². The average Bonchev–Trinajstić information content (AvgIpc) is 3.07. The topological polar surface area (TPSA) is 77.5 Å². The molecule has 0 saturated heterocycles. The van der Waals surface area contributed by atoms with E-state index < -0.39 is 47.7 Å². The molecule has 0 bridgehead atoms. The van der Waals surface area contributed by atoms with Gasteiger partial charge in [0.15, 0.2) is 17.4 Å². The minimum absolute atomic E-state index is 0.0262. The first-order valence-corrected chi connectivity index (χ1v) is 8.63. The van der Waals surface area contributed by atoms with Gasteiger partial charge in [0.2, 0.25) is 0 Å². The summed E-state index contributed by atoms with van der Waals surface area (Å²) in [6.07, 6.45) is -10.1. The first kappa shape index (κ1) is 22.5. The van der Waals surface area contributed by atoms with Gasteiger partial charge in [-0.3, -0.25) is 10.1 Å². The van der Waals surface area contributed by atoms with E-state index in [1.165, 1.54) is 5.38 Å². The summed E-state index contributed by atoms with van der Waals surface area (Å²) in [6, 6.07) is 0.648. The van der Waals surface area contributed by atoms with Crippen LogP contribution in [0.2, 0.25) is 0 Å². The number of carbonyl (C=O) groups is 2. The highest BCUT2D eigenvalue weighted by atomic mass is 32.1. The number of aromatic nitrogens is 1. The quantitative estimate of drug-likeness (QED) is 0.531. The van der Waals surface area contributed by atoms with E-state index in [2.05, 4.69) is 10.3 Å². The standard InChI is InChI=1S/C16H12F6N2O4S/c1-2-27-13(26)11-7-29-14(23-11)24-12(25)6-28-10-4-8(15(17,18)19)3-9(5-10)16(20,21)22/h3-5,7H,2,6H2,1H3,(H,23,24,25). The van der Waals surface area contributed by atoms with Gasteiger partial charge in [-0.25, -0.2) is 9.78 Å². The lowest BCUT2D eigenvalue weighted by Gasteiger charge is -2.14. The number of thiazole rings is 1. The van der Waals surface area contributed by atoms with Gasteiger partial charge in [0, 0.05) is 5.38 Å².